The van der Waals surface area contributed by atoms with Crippen LogP contribution in [0.25, 0.3) is 44.7 Å². The highest BCUT2D eigenvalue weighted by Gasteiger charge is 2.20. The van der Waals surface area contributed by atoms with Crippen LogP contribution >= 0.6 is 0 Å². The minimum absolute atomic E-state index is 0.398. The van der Waals surface area contributed by atoms with Gasteiger partial charge in [0.15, 0.2) is 17.3 Å². The van der Waals surface area contributed by atoms with Gasteiger partial charge in [-0.2, -0.15) is 5.10 Å². The molecule has 5 aromatic heterocycles. The minimum atomic E-state index is -0.398. The normalized spacial score (nSPS) is 14.5. The number of hydrogen-bond donors (Lipinski definition) is 2. The summed E-state index contributed by atoms with van der Waals surface area (Å²) in [7, 11) is 0. The lowest BCUT2D eigenvalue weighted by molar-refractivity contribution is 0.122. The van der Waals surface area contributed by atoms with Crippen LogP contribution in [-0.2, 0) is 4.74 Å². The summed E-state index contributed by atoms with van der Waals surface area (Å²) in [4.78, 5) is 23.3. The van der Waals surface area contributed by atoms with Gasteiger partial charge in [-0.15, -0.1) is 0 Å². The third kappa shape index (κ3) is 3.08. The first-order valence-corrected chi connectivity index (χ1v) is 9.89. The molecular weight excluding hydrogens is 399 g/mol. The molecule has 154 valence electrons. The number of nitrogens with one attached hydrogen (secondary N) is 2. The van der Waals surface area contributed by atoms with Crippen LogP contribution in [0.1, 0.15) is 0 Å². The fraction of sp³-hybridized carbons (Fsp3) is 0.190. The Hall–Kier alpha value is -3.92. The van der Waals surface area contributed by atoms with Crippen LogP contribution in [-0.4, -0.2) is 61.4 Å². The Labute approximate surface area is 175 Å². The summed E-state index contributed by atoms with van der Waals surface area (Å²) in [6, 6.07) is 5.23. The molecule has 0 atom stereocenters. The number of morpholine rings is 1. The number of halogens is 1. The molecule has 0 saturated carbocycles. The molecule has 0 amide bonds. The molecule has 9 nitrogen and oxygen atoms in total. The third-order valence-corrected chi connectivity index (χ3v) is 5.37. The number of ether oxygens (including phenoxy) is 1. The van der Waals surface area contributed by atoms with Crippen LogP contribution in [0.4, 0.5) is 10.2 Å². The van der Waals surface area contributed by atoms with Gasteiger partial charge in [0.25, 0.3) is 0 Å². The van der Waals surface area contributed by atoms with E-state index in [4.69, 9.17) is 9.72 Å². The molecular formula is C21H17FN8O. The van der Waals surface area contributed by atoms with E-state index in [1.165, 1.54) is 12.3 Å². The van der Waals surface area contributed by atoms with E-state index in [0.717, 1.165) is 40.9 Å². The second-order valence-electron chi connectivity index (χ2n) is 7.30. The first-order valence-electron chi connectivity index (χ1n) is 9.89. The van der Waals surface area contributed by atoms with E-state index in [9.17, 15) is 4.39 Å². The molecule has 0 bridgehead atoms. The predicted octanol–water partition coefficient (Wildman–Crippen LogP) is 2.93. The largest absolute Gasteiger partial charge is 0.378 e. The fourth-order valence-corrected chi connectivity index (χ4v) is 3.85. The molecule has 6 rings (SSSR count). The summed E-state index contributed by atoms with van der Waals surface area (Å²) >= 11 is 0. The lowest BCUT2D eigenvalue weighted by atomic mass is 10.1. The fourth-order valence-electron chi connectivity index (χ4n) is 3.85. The topological polar surface area (TPSA) is 108 Å². The predicted molar refractivity (Wildman–Crippen MR) is 113 cm³/mol. The van der Waals surface area contributed by atoms with Crippen molar-refractivity contribution in [1.29, 1.82) is 0 Å². The van der Waals surface area contributed by atoms with Gasteiger partial charge in [-0.3, -0.25) is 10.1 Å². The van der Waals surface area contributed by atoms with E-state index in [2.05, 4.69) is 35.0 Å². The van der Waals surface area contributed by atoms with Gasteiger partial charge in [-0.1, -0.05) is 0 Å². The van der Waals surface area contributed by atoms with Gasteiger partial charge in [-0.05, 0) is 18.2 Å². The number of hydrogen-bond acceptors (Lipinski definition) is 7. The Morgan fingerprint density at radius 1 is 1.03 bits per heavy atom. The molecule has 10 heteroatoms. The van der Waals surface area contributed by atoms with Crippen molar-refractivity contribution < 1.29 is 9.13 Å². The Morgan fingerprint density at radius 2 is 1.90 bits per heavy atom. The number of aromatic amines is 2. The Kier molecular flexibility index (Phi) is 4.10. The molecule has 31 heavy (non-hydrogen) atoms. The first-order chi connectivity index (χ1) is 15.3. The summed E-state index contributed by atoms with van der Waals surface area (Å²) < 4.78 is 19.1. The molecule has 0 aliphatic carbocycles. The zero-order valence-electron chi connectivity index (χ0n) is 16.3. The summed E-state index contributed by atoms with van der Waals surface area (Å²) in [6.07, 6.45) is 6.22. The van der Waals surface area contributed by atoms with Gasteiger partial charge in [0, 0.05) is 42.8 Å². The van der Waals surface area contributed by atoms with E-state index < -0.39 is 5.82 Å². The van der Waals surface area contributed by atoms with E-state index in [1.54, 1.807) is 18.6 Å². The molecule has 5 aromatic rings. The summed E-state index contributed by atoms with van der Waals surface area (Å²) in [6.45, 7) is 2.88. The molecule has 1 saturated heterocycles. The average Bonchev–Trinajstić information content (AvgIpc) is 3.43. The van der Waals surface area contributed by atoms with Crippen molar-refractivity contribution in [3.63, 3.8) is 0 Å². The lowest BCUT2D eigenvalue weighted by Crippen LogP contribution is -2.36. The van der Waals surface area contributed by atoms with Crippen molar-refractivity contribution in [1.82, 2.24) is 35.1 Å². The number of pyridine rings is 3. The van der Waals surface area contributed by atoms with E-state index in [0.29, 0.717) is 35.9 Å². The zero-order valence-corrected chi connectivity index (χ0v) is 16.3. The molecule has 1 aliphatic rings. The molecule has 0 unspecified atom stereocenters. The summed E-state index contributed by atoms with van der Waals surface area (Å²) in [5, 5.41) is 8.16. The van der Waals surface area contributed by atoms with Crippen LogP contribution in [0.2, 0.25) is 0 Å². The minimum Gasteiger partial charge on any atom is -0.378 e. The van der Waals surface area contributed by atoms with Gasteiger partial charge in [0.05, 0.1) is 30.3 Å². The highest BCUT2D eigenvalue weighted by Crippen LogP contribution is 2.31. The van der Waals surface area contributed by atoms with Crippen LogP contribution in [0, 0.1) is 5.82 Å². The van der Waals surface area contributed by atoms with Gasteiger partial charge in [0.2, 0.25) is 0 Å². The molecule has 0 radical (unpaired) electrons. The summed E-state index contributed by atoms with van der Waals surface area (Å²) in [5.41, 5.74) is 4.31. The Morgan fingerprint density at radius 3 is 2.77 bits per heavy atom. The van der Waals surface area contributed by atoms with Crippen molar-refractivity contribution in [3.05, 3.63) is 48.8 Å². The Balaban J connectivity index is 1.46. The number of imidazole rings is 1. The molecule has 0 aromatic carbocycles. The van der Waals surface area contributed by atoms with Gasteiger partial charge >= 0.3 is 0 Å². The van der Waals surface area contributed by atoms with E-state index >= 15 is 0 Å². The van der Waals surface area contributed by atoms with Gasteiger partial charge < -0.3 is 14.6 Å². The highest BCUT2D eigenvalue weighted by atomic mass is 19.1. The standard InChI is InChI=1S/C21H17FN8O/c22-14-7-12(9-23-11-14)13-8-15-17(28-29-19(15)25-10-13)20-26-16-1-2-24-21(18(16)27-20)30-3-5-31-6-4-30/h1-2,7-11H,3-6H2,(H,26,27)(H,25,28,29). The summed E-state index contributed by atoms with van der Waals surface area (Å²) in [5.74, 6) is 1.04. The van der Waals surface area contributed by atoms with E-state index in [1.807, 2.05) is 12.1 Å². The lowest BCUT2D eigenvalue weighted by Gasteiger charge is -2.27. The number of nitrogens with zero attached hydrogens (tertiary/aromatic N) is 6. The van der Waals surface area contributed by atoms with Crippen LogP contribution in [0.15, 0.2) is 43.0 Å². The molecule has 0 spiro atoms. The van der Waals surface area contributed by atoms with Crippen LogP contribution in [0.3, 0.4) is 0 Å². The molecule has 1 fully saturated rings. The number of H-pyrrole nitrogens is 2. The smallest absolute Gasteiger partial charge is 0.159 e. The van der Waals surface area contributed by atoms with Crippen molar-refractivity contribution in [2.75, 3.05) is 31.2 Å². The molecule has 6 heterocycles. The second-order valence-corrected chi connectivity index (χ2v) is 7.30. The maximum absolute atomic E-state index is 13.6. The molecule has 2 N–H and O–H groups in total. The third-order valence-electron chi connectivity index (χ3n) is 5.37. The van der Waals surface area contributed by atoms with Crippen molar-refractivity contribution in [3.8, 4) is 22.6 Å². The number of rotatable bonds is 3. The molecule has 1 aliphatic heterocycles. The number of anilines is 1. The van der Waals surface area contributed by atoms with Crippen molar-refractivity contribution >= 4 is 27.9 Å². The van der Waals surface area contributed by atoms with Gasteiger partial charge in [-0.25, -0.2) is 19.3 Å². The monoisotopic (exact) mass is 416 g/mol. The van der Waals surface area contributed by atoms with Crippen LogP contribution in [0.5, 0.6) is 0 Å². The van der Waals surface area contributed by atoms with E-state index in [-0.39, 0.29) is 0 Å². The maximum atomic E-state index is 13.6. The average molecular weight is 416 g/mol. The maximum Gasteiger partial charge on any atom is 0.159 e. The van der Waals surface area contributed by atoms with Crippen LogP contribution < -0.4 is 4.90 Å². The SMILES string of the molecule is Fc1cncc(-c2cnc3[nH]nc(-c4nc5c(N6CCOCC6)nccc5[nH]4)c3c2)c1. The van der Waals surface area contributed by atoms with Crippen molar-refractivity contribution in [2.45, 2.75) is 0 Å². The zero-order chi connectivity index (χ0) is 20.8. The Bertz CT molecular complexity index is 1410. The first kappa shape index (κ1) is 17.9. The van der Waals surface area contributed by atoms with Gasteiger partial charge in [0.1, 0.15) is 17.0 Å². The quantitative estimate of drug-likeness (QED) is 0.465. The number of fused-ring (bicyclic) bond motifs is 2. The highest BCUT2D eigenvalue weighted by molar-refractivity contribution is 5.95. The second kappa shape index (κ2) is 7.10. The number of aromatic nitrogens is 7. The van der Waals surface area contributed by atoms with Crippen molar-refractivity contribution in [2.24, 2.45) is 0 Å².